The maximum atomic E-state index is 5.96. The minimum atomic E-state index is -0.599. The smallest absolute Gasteiger partial charge is 0.141 e. The van der Waals surface area contributed by atoms with E-state index in [1.807, 2.05) is 12.1 Å². The molecule has 2 atom stereocenters. The van der Waals surface area contributed by atoms with Gasteiger partial charge in [-0.1, -0.05) is 12.1 Å². The summed E-state index contributed by atoms with van der Waals surface area (Å²) in [6, 6.07) is 8.87. The Morgan fingerprint density at radius 1 is 1.44 bits per heavy atom. The number of fused-ring (bicyclic) bond motifs is 1. The van der Waals surface area contributed by atoms with Crippen LogP contribution in [-0.2, 0) is 4.52 Å². The van der Waals surface area contributed by atoms with Gasteiger partial charge in [0.15, 0.2) is 0 Å². The monoisotopic (exact) mass is 237 g/mol. The van der Waals surface area contributed by atoms with E-state index in [1.54, 1.807) is 7.11 Å². The van der Waals surface area contributed by atoms with Gasteiger partial charge >= 0.3 is 0 Å². The molecule has 0 N–H and O–H groups in total. The highest BCUT2D eigenvalue weighted by Gasteiger charge is 2.40. The van der Waals surface area contributed by atoms with E-state index >= 15 is 0 Å². The van der Waals surface area contributed by atoms with Gasteiger partial charge in [0.25, 0.3) is 0 Å². The molecule has 2 aliphatic heterocycles. The molecule has 2 aliphatic rings. The van der Waals surface area contributed by atoms with Crippen molar-refractivity contribution in [3.05, 3.63) is 24.3 Å². The van der Waals surface area contributed by atoms with Gasteiger partial charge in [-0.2, -0.15) is 0 Å². The van der Waals surface area contributed by atoms with Crippen LogP contribution in [-0.4, -0.2) is 31.0 Å². The van der Waals surface area contributed by atoms with Gasteiger partial charge in [0.1, 0.15) is 14.0 Å². The summed E-state index contributed by atoms with van der Waals surface area (Å²) in [5.74, 6) is 0.959. The molecule has 0 spiro atoms. The normalized spacial score (nSPS) is 29.3. The van der Waals surface area contributed by atoms with E-state index in [1.165, 1.54) is 24.7 Å². The minimum absolute atomic E-state index is 0.599. The summed E-state index contributed by atoms with van der Waals surface area (Å²) < 4.78 is 13.9. The van der Waals surface area contributed by atoms with Crippen LogP contribution in [0.3, 0.4) is 0 Å². The van der Waals surface area contributed by atoms with E-state index in [-0.39, 0.29) is 0 Å². The molecule has 1 aromatic carbocycles. The van der Waals surface area contributed by atoms with Gasteiger partial charge in [0, 0.05) is 12.6 Å². The van der Waals surface area contributed by atoms with Crippen LogP contribution in [0.5, 0.6) is 5.75 Å². The van der Waals surface area contributed by atoms with Crippen LogP contribution in [0, 0.1) is 0 Å². The summed E-state index contributed by atoms with van der Waals surface area (Å²) in [6.07, 6.45) is 2.59. The lowest BCUT2D eigenvalue weighted by molar-refractivity contribution is 0.342. The van der Waals surface area contributed by atoms with Gasteiger partial charge < -0.3 is 9.26 Å². The second-order valence-corrected chi connectivity index (χ2v) is 6.00. The quantitative estimate of drug-likeness (QED) is 0.735. The first-order valence-corrected chi connectivity index (χ1v) is 6.94. The number of benzene rings is 1. The number of methoxy groups -OCH3 is 1. The third kappa shape index (κ3) is 1.64. The Morgan fingerprint density at radius 3 is 3.19 bits per heavy atom. The molecule has 0 aromatic heterocycles. The van der Waals surface area contributed by atoms with Crippen molar-refractivity contribution < 1.29 is 9.26 Å². The first-order valence-electron chi connectivity index (χ1n) is 5.73. The molecule has 4 heteroatoms. The van der Waals surface area contributed by atoms with Crippen molar-refractivity contribution in [1.82, 2.24) is 4.67 Å². The van der Waals surface area contributed by atoms with Crippen molar-refractivity contribution >= 4 is 13.6 Å². The van der Waals surface area contributed by atoms with Gasteiger partial charge in [-0.05, 0) is 25.0 Å². The zero-order valence-electron chi connectivity index (χ0n) is 9.43. The highest BCUT2D eigenvalue weighted by Crippen LogP contribution is 2.52. The van der Waals surface area contributed by atoms with E-state index in [2.05, 4.69) is 16.8 Å². The maximum Gasteiger partial charge on any atom is 0.141 e. The second-order valence-electron chi connectivity index (χ2n) is 4.20. The van der Waals surface area contributed by atoms with Crippen molar-refractivity contribution in [3.63, 3.8) is 0 Å². The predicted octanol–water partition coefficient (Wildman–Crippen LogP) is 2.13. The fourth-order valence-corrected chi connectivity index (χ4v) is 4.70. The largest absolute Gasteiger partial charge is 0.496 e. The van der Waals surface area contributed by atoms with Crippen LogP contribution in [0.1, 0.15) is 12.8 Å². The maximum absolute atomic E-state index is 5.96. The molecular weight excluding hydrogens is 221 g/mol. The predicted molar refractivity (Wildman–Crippen MR) is 65.2 cm³/mol. The Morgan fingerprint density at radius 2 is 2.31 bits per heavy atom. The van der Waals surface area contributed by atoms with E-state index in [0.29, 0.717) is 6.04 Å². The lowest BCUT2D eigenvalue weighted by atomic mass is 10.2. The van der Waals surface area contributed by atoms with Crippen LogP contribution in [0.4, 0.5) is 0 Å². The number of hydrogen-bond donors (Lipinski definition) is 0. The lowest BCUT2D eigenvalue weighted by Crippen LogP contribution is -2.22. The van der Waals surface area contributed by atoms with Crippen LogP contribution in [0.2, 0.25) is 0 Å². The van der Waals surface area contributed by atoms with E-state index in [0.717, 1.165) is 12.4 Å². The Hall–Kier alpha value is -0.630. The Kier molecular flexibility index (Phi) is 2.84. The van der Waals surface area contributed by atoms with Gasteiger partial charge in [-0.3, -0.25) is 4.67 Å². The van der Waals surface area contributed by atoms with Crippen molar-refractivity contribution in [2.75, 3.05) is 20.3 Å². The number of nitrogens with zero attached hydrogens (tertiary/aromatic N) is 1. The molecule has 3 nitrogen and oxygen atoms in total. The molecule has 0 bridgehead atoms. The summed E-state index contributed by atoms with van der Waals surface area (Å²) >= 11 is 0. The van der Waals surface area contributed by atoms with Gasteiger partial charge in [-0.15, -0.1) is 0 Å². The minimum Gasteiger partial charge on any atom is -0.496 e. The number of ether oxygens (including phenoxy) is 1. The third-order valence-electron chi connectivity index (χ3n) is 3.26. The van der Waals surface area contributed by atoms with Gasteiger partial charge in [0.2, 0.25) is 0 Å². The molecule has 2 fully saturated rings. The molecule has 1 aromatic rings. The van der Waals surface area contributed by atoms with E-state index < -0.39 is 8.30 Å². The summed E-state index contributed by atoms with van der Waals surface area (Å²) in [4.78, 5) is 0. The standard InChI is InChI=1S/C12H16NO2P/c1-14-11-6-2-3-7-12(11)16-13-8-4-5-10(13)9-15-16/h2-3,6-7,10H,4-5,8-9H2,1H3/t10-,16+/m0/s1. The topological polar surface area (TPSA) is 21.7 Å². The molecule has 2 heterocycles. The zero-order valence-corrected chi connectivity index (χ0v) is 10.3. The SMILES string of the molecule is COc1ccccc1[P@@]1OC[C@@H]2CCCN21. The lowest BCUT2D eigenvalue weighted by Gasteiger charge is -2.22. The van der Waals surface area contributed by atoms with Crippen molar-refractivity contribution in [3.8, 4) is 5.75 Å². The molecule has 0 aliphatic carbocycles. The zero-order chi connectivity index (χ0) is 11.0. The Labute approximate surface area is 97.2 Å². The van der Waals surface area contributed by atoms with Crippen LogP contribution in [0.15, 0.2) is 24.3 Å². The summed E-state index contributed by atoms with van der Waals surface area (Å²) in [5, 5.41) is 1.23. The molecule has 0 saturated carbocycles. The second kappa shape index (κ2) is 4.33. The molecule has 3 rings (SSSR count). The van der Waals surface area contributed by atoms with Crippen LogP contribution < -0.4 is 10.0 Å². The van der Waals surface area contributed by atoms with E-state index in [9.17, 15) is 0 Å². The van der Waals surface area contributed by atoms with Crippen molar-refractivity contribution in [1.29, 1.82) is 0 Å². The third-order valence-corrected chi connectivity index (χ3v) is 5.43. The fourth-order valence-electron chi connectivity index (χ4n) is 2.46. The number of hydrogen-bond acceptors (Lipinski definition) is 3. The number of rotatable bonds is 2. The molecule has 2 saturated heterocycles. The molecule has 0 unspecified atom stereocenters. The van der Waals surface area contributed by atoms with Gasteiger partial charge in [-0.25, -0.2) is 0 Å². The molecule has 0 radical (unpaired) electrons. The van der Waals surface area contributed by atoms with Crippen molar-refractivity contribution in [2.24, 2.45) is 0 Å². The molecule has 0 amide bonds. The van der Waals surface area contributed by atoms with E-state index in [4.69, 9.17) is 9.26 Å². The molecule has 86 valence electrons. The average Bonchev–Trinajstić information content (AvgIpc) is 2.91. The first-order chi connectivity index (χ1) is 7.90. The highest BCUT2D eigenvalue weighted by atomic mass is 31.2. The number of para-hydroxylation sites is 1. The average molecular weight is 237 g/mol. The summed E-state index contributed by atoms with van der Waals surface area (Å²) in [5.41, 5.74) is 0. The Balaban J connectivity index is 1.91. The summed E-state index contributed by atoms with van der Waals surface area (Å²) in [6.45, 7) is 2.07. The fraction of sp³-hybridized carbons (Fsp3) is 0.500. The highest BCUT2D eigenvalue weighted by molar-refractivity contribution is 7.59. The van der Waals surface area contributed by atoms with Crippen molar-refractivity contribution in [2.45, 2.75) is 18.9 Å². The first kappa shape index (κ1) is 10.5. The van der Waals surface area contributed by atoms with Gasteiger partial charge in [0.05, 0.1) is 19.0 Å². The van der Waals surface area contributed by atoms with Crippen LogP contribution in [0.25, 0.3) is 0 Å². The summed E-state index contributed by atoms with van der Waals surface area (Å²) in [7, 11) is 1.13. The Bertz CT molecular complexity index is 385. The molecule has 16 heavy (non-hydrogen) atoms. The van der Waals surface area contributed by atoms with Crippen LogP contribution >= 0.6 is 8.30 Å². The molecular formula is C12H16NO2P.